The van der Waals surface area contributed by atoms with Crippen LogP contribution in [-0.2, 0) is 0 Å². The minimum absolute atomic E-state index is 0.209. The number of carbonyl (C=O) groups excluding carboxylic acids is 1. The topological polar surface area (TPSA) is 101 Å². The fourth-order valence-electron chi connectivity index (χ4n) is 2.59. The molecule has 4 N–H and O–H groups in total. The predicted molar refractivity (Wildman–Crippen MR) is 99.2 cm³/mol. The number of hydrogen-bond donors (Lipinski definition) is 3. The third-order valence-corrected chi connectivity index (χ3v) is 5.72. The number of H-pyrrole nitrogens is 1. The zero-order valence-corrected chi connectivity index (χ0v) is 14.2. The van der Waals surface area contributed by atoms with Gasteiger partial charge in [-0.05, 0) is 24.6 Å². The molecule has 0 fully saturated rings. The molecule has 0 saturated heterocycles. The summed E-state index contributed by atoms with van der Waals surface area (Å²) in [6.07, 6.45) is 0. The Hall–Kier alpha value is -2.71. The first-order valence-corrected chi connectivity index (χ1v) is 8.75. The lowest BCUT2D eigenvalue weighted by Crippen LogP contribution is -2.11. The molecule has 0 aliphatic carbocycles. The first-order valence-electron chi connectivity index (χ1n) is 7.12. The number of benzene rings is 1. The molecular formula is C16H12N4O2S2. The normalized spacial score (nSPS) is 11.2. The van der Waals surface area contributed by atoms with Crippen molar-refractivity contribution in [1.82, 2.24) is 9.97 Å². The highest BCUT2D eigenvalue weighted by molar-refractivity contribution is 7.23. The van der Waals surface area contributed by atoms with Gasteiger partial charge in [-0.2, -0.15) is 0 Å². The Morgan fingerprint density at radius 2 is 2.08 bits per heavy atom. The summed E-state index contributed by atoms with van der Waals surface area (Å²) in [5.41, 5.74) is 7.89. The number of aromatic nitrogens is 2. The van der Waals surface area contributed by atoms with Crippen LogP contribution in [0, 0.1) is 6.92 Å². The van der Waals surface area contributed by atoms with Crippen LogP contribution < -0.4 is 16.6 Å². The van der Waals surface area contributed by atoms with Crippen LogP contribution in [0.2, 0.25) is 0 Å². The Balaban J connectivity index is 1.74. The van der Waals surface area contributed by atoms with Crippen LogP contribution in [0.5, 0.6) is 0 Å². The number of nitrogens with one attached hydrogen (secondary N) is 2. The molecular weight excluding hydrogens is 344 g/mol. The van der Waals surface area contributed by atoms with Crippen molar-refractivity contribution in [2.45, 2.75) is 6.92 Å². The van der Waals surface area contributed by atoms with E-state index in [9.17, 15) is 9.59 Å². The van der Waals surface area contributed by atoms with Gasteiger partial charge in [0.1, 0.15) is 9.71 Å². The van der Waals surface area contributed by atoms with Gasteiger partial charge in [0, 0.05) is 11.5 Å². The van der Waals surface area contributed by atoms with E-state index in [0.29, 0.717) is 25.9 Å². The van der Waals surface area contributed by atoms with E-state index < -0.39 is 0 Å². The molecule has 0 aliphatic rings. The standard InChI is InChI=1S/C16H12N4O2S2/c1-7-6-10(21)19-15-11(7)12(17)13(24-15)14(22)20-16-18-8-4-2-3-5-9(8)23-16/h2-6H,17H2,1H3,(H,19,21)(H,18,20,22). The molecule has 0 bridgehead atoms. The highest BCUT2D eigenvalue weighted by Gasteiger charge is 2.19. The summed E-state index contributed by atoms with van der Waals surface area (Å²) in [7, 11) is 0. The van der Waals surface area contributed by atoms with Gasteiger partial charge >= 0.3 is 0 Å². The summed E-state index contributed by atoms with van der Waals surface area (Å²) in [6.45, 7) is 1.80. The number of anilines is 2. The van der Waals surface area contributed by atoms with E-state index in [4.69, 9.17) is 5.73 Å². The Morgan fingerprint density at radius 1 is 1.29 bits per heavy atom. The largest absolute Gasteiger partial charge is 0.397 e. The van der Waals surface area contributed by atoms with Crippen molar-refractivity contribution in [3.63, 3.8) is 0 Å². The van der Waals surface area contributed by atoms with Crippen LogP contribution in [0.25, 0.3) is 20.4 Å². The number of aryl methyl sites for hydroxylation is 1. The third-order valence-electron chi connectivity index (χ3n) is 3.64. The number of nitrogens with zero attached hydrogens (tertiary/aromatic N) is 1. The van der Waals surface area contributed by atoms with E-state index in [2.05, 4.69) is 15.3 Å². The molecule has 0 radical (unpaired) electrons. The number of aromatic amines is 1. The first kappa shape index (κ1) is 14.9. The summed E-state index contributed by atoms with van der Waals surface area (Å²) < 4.78 is 0.997. The molecule has 6 nitrogen and oxygen atoms in total. The molecule has 3 heterocycles. The molecule has 24 heavy (non-hydrogen) atoms. The fraction of sp³-hybridized carbons (Fsp3) is 0.0625. The van der Waals surface area contributed by atoms with Gasteiger partial charge < -0.3 is 10.7 Å². The van der Waals surface area contributed by atoms with Gasteiger partial charge in [-0.25, -0.2) is 4.98 Å². The maximum absolute atomic E-state index is 12.6. The summed E-state index contributed by atoms with van der Waals surface area (Å²) in [5.74, 6) is -0.326. The Kier molecular flexibility index (Phi) is 3.36. The second-order valence-electron chi connectivity index (χ2n) is 5.31. The number of hydrogen-bond acceptors (Lipinski definition) is 6. The quantitative estimate of drug-likeness (QED) is 0.513. The first-order chi connectivity index (χ1) is 11.5. The lowest BCUT2D eigenvalue weighted by Gasteiger charge is -2.00. The smallest absolute Gasteiger partial charge is 0.269 e. The fourth-order valence-corrected chi connectivity index (χ4v) is 4.53. The van der Waals surface area contributed by atoms with Crippen molar-refractivity contribution in [2.24, 2.45) is 0 Å². The summed E-state index contributed by atoms with van der Waals surface area (Å²) in [4.78, 5) is 32.2. The number of fused-ring (bicyclic) bond motifs is 2. The van der Waals surface area contributed by atoms with E-state index in [0.717, 1.165) is 15.8 Å². The van der Waals surface area contributed by atoms with E-state index in [1.165, 1.54) is 28.7 Å². The molecule has 0 spiro atoms. The maximum Gasteiger partial charge on any atom is 0.269 e. The summed E-state index contributed by atoms with van der Waals surface area (Å²) in [6, 6.07) is 9.14. The summed E-state index contributed by atoms with van der Waals surface area (Å²) >= 11 is 2.57. The zero-order valence-electron chi connectivity index (χ0n) is 12.5. The lowest BCUT2D eigenvalue weighted by atomic mass is 10.2. The van der Waals surface area contributed by atoms with Crippen molar-refractivity contribution in [2.75, 3.05) is 11.1 Å². The van der Waals surface area contributed by atoms with Gasteiger partial charge in [0.25, 0.3) is 5.91 Å². The number of thiazole rings is 1. The number of amides is 1. The monoisotopic (exact) mass is 356 g/mol. The molecule has 1 aromatic carbocycles. The third kappa shape index (κ3) is 2.36. The van der Waals surface area contributed by atoms with Crippen LogP contribution in [-0.4, -0.2) is 15.9 Å². The van der Waals surface area contributed by atoms with Crippen molar-refractivity contribution in [3.8, 4) is 0 Å². The van der Waals surface area contributed by atoms with Crippen LogP contribution in [0.4, 0.5) is 10.8 Å². The van der Waals surface area contributed by atoms with Gasteiger partial charge in [-0.15, -0.1) is 11.3 Å². The van der Waals surface area contributed by atoms with E-state index in [1.54, 1.807) is 6.92 Å². The second-order valence-corrected chi connectivity index (χ2v) is 7.36. The number of nitrogens with two attached hydrogens (primary N) is 1. The molecule has 0 atom stereocenters. The van der Waals surface area contributed by atoms with Crippen molar-refractivity contribution < 1.29 is 4.79 Å². The highest BCUT2D eigenvalue weighted by atomic mass is 32.1. The molecule has 4 aromatic rings. The SMILES string of the molecule is Cc1cc(=O)[nH]c2sc(C(=O)Nc3nc4ccccc4s3)c(N)c12. The molecule has 8 heteroatoms. The lowest BCUT2D eigenvalue weighted by molar-refractivity contribution is 0.103. The number of carbonyl (C=O) groups is 1. The van der Waals surface area contributed by atoms with Gasteiger partial charge in [-0.3, -0.25) is 14.9 Å². The number of para-hydroxylation sites is 1. The molecule has 0 saturated carbocycles. The van der Waals surface area contributed by atoms with Crippen molar-refractivity contribution >= 4 is 59.8 Å². The molecule has 3 aromatic heterocycles. The average Bonchev–Trinajstić information content (AvgIpc) is 3.07. The second kappa shape index (κ2) is 5.43. The number of rotatable bonds is 2. The van der Waals surface area contributed by atoms with Crippen molar-refractivity contribution in [1.29, 1.82) is 0 Å². The van der Waals surface area contributed by atoms with E-state index >= 15 is 0 Å². The Bertz CT molecular complexity index is 1120. The van der Waals surface area contributed by atoms with Crippen LogP contribution in [0.15, 0.2) is 35.1 Å². The average molecular weight is 356 g/mol. The van der Waals surface area contributed by atoms with Crippen molar-refractivity contribution in [3.05, 3.63) is 51.1 Å². The Labute approximate surface area is 144 Å². The summed E-state index contributed by atoms with van der Waals surface area (Å²) in [5, 5.41) is 4.02. The van der Waals surface area contributed by atoms with Crippen LogP contribution in [0.3, 0.4) is 0 Å². The van der Waals surface area contributed by atoms with Gasteiger partial charge in [0.05, 0.1) is 15.9 Å². The van der Waals surface area contributed by atoms with Crippen LogP contribution >= 0.6 is 22.7 Å². The van der Waals surface area contributed by atoms with Crippen LogP contribution in [0.1, 0.15) is 15.2 Å². The Morgan fingerprint density at radius 3 is 2.88 bits per heavy atom. The van der Waals surface area contributed by atoms with Gasteiger partial charge in [0.2, 0.25) is 5.56 Å². The molecule has 0 aliphatic heterocycles. The minimum Gasteiger partial charge on any atom is -0.397 e. The molecule has 1 amide bonds. The highest BCUT2D eigenvalue weighted by Crippen LogP contribution is 2.34. The van der Waals surface area contributed by atoms with Gasteiger partial charge in [0.15, 0.2) is 5.13 Å². The molecule has 120 valence electrons. The molecule has 0 unspecified atom stereocenters. The number of pyridine rings is 1. The maximum atomic E-state index is 12.6. The number of thiophene rings is 1. The number of nitrogen functional groups attached to an aromatic ring is 1. The minimum atomic E-state index is -0.326. The van der Waals surface area contributed by atoms with Gasteiger partial charge in [-0.1, -0.05) is 23.5 Å². The molecule has 4 rings (SSSR count). The van der Waals surface area contributed by atoms with E-state index in [1.807, 2.05) is 24.3 Å². The zero-order chi connectivity index (χ0) is 16.8. The van der Waals surface area contributed by atoms with E-state index in [-0.39, 0.29) is 11.5 Å². The predicted octanol–water partition coefficient (Wildman–Crippen LogP) is 3.34.